The van der Waals surface area contributed by atoms with Crippen LogP contribution < -0.4 is 5.73 Å². The Morgan fingerprint density at radius 1 is 1.33 bits per heavy atom. The third-order valence-electron chi connectivity index (χ3n) is 4.46. The lowest BCUT2D eigenvalue weighted by molar-refractivity contribution is 0.557. The van der Waals surface area contributed by atoms with E-state index in [1.54, 1.807) is 0 Å². The average Bonchev–Trinajstić information content (AvgIpc) is 3.18. The summed E-state index contributed by atoms with van der Waals surface area (Å²) in [5.41, 5.74) is 9.09. The second-order valence-corrected chi connectivity index (χ2v) is 5.53. The fraction of sp³-hybridized carbons (Fsp3) is 0.438. The maximum absolute atomic E-state index is 6.15. The quantitative estimate of drug-likeness (QED) is 0.895. The summed E-state index contributed by atoms with van der Waals surface area (Å²) < 4.78 is 0. The Labute approximate surface area is 108 Å². The maximum atomic E-state index is 6.15. The third kappa shape index (κ3) is 1.64. The van der Waals surface area contributed by atoms with Gasteiger partial charge in [0.1, 0.15) is 0 Å². The molecule has 94 valence electrons. The molecule has 2 aromatic rings. The van der Waals surface area contributed by atoms with Gasteiger partial charge in [-0.1, -0.05) is 19.1 Å². The van der Waals surface area contributed by atoms with Gasteiger partial charge in [0.2, 0.25) is 0 Å². The van der Waals surface area contributed by atoms with Crippen LogP contribution in [-0.2, 0) is 11.8 Å². The molecule has 1 atom stereocenters. The first-order valence-corrected chi connectivity index (χ1v) is 6.80. The van der Waals surface area contributed by atoms with Crippen molar-refractivity contribution >= 4 is 10.8 Å². The molecule has 1 unspecified atom stereocenters. The second kappa shape index (κ2) is 4.06. The monoisotopic (exact) mass is 240 g/mol. The minimum atomic E-state index is 0.233. The number of fused-ring (bicyclic) bond motifs is 1. The molecule has 2 N–H and O–H groups in total. The number of rotatable bonds is 3. The molecule has 1 aliphatic carbocycles. The van der Waals surface area contributed by atoms with Gasteiger partial charge >= 0.3 is 0 Å². The van der Waals surface area contributed by atoms with E-state index in [-0.39, 0.29) is 11.5 Å². The number of pyridine rings is 1. The number of benzene rings is 1. The molecule has 1 aliphatic rings. The summed E-state index contributed by atoms with van der Waals surface area (Å²) in [4.78, 5) is 4.34. The number of hydrogen-bond donors (Lipinski definition) is 1. The number of nitrogens with two attached hydrogens (primary N) is 1. The molecule has 0 bridgehead atoms. The van der Waals surface area contributed by atoms with Crippen molar-refractivity contribution in [2.24, 2.45) is 5.73 Å². The highest BCUT2D eigenvalue weighted by Gasteiger charge is 2.47. The zero-order valence-electron chi connectivity index (χ0n) is 11.1. The van der Waals surface area contributed by atoms with Crippen molar-refractivity contribution in [2.75, 3.05) is 0 Å². The van der Waals surface area contributed by atoms with E-state index in [4.69, 9.17) is 5.73 Å². The first-order chi connectivity index (χ1) is 8.67. The predicted octanol–water partition coefficient (Wildman–Crippen LogP) is 3.18. The molecule has 1 saturated carbocycles. The predicted molar refractivity (Wildman–Crippen MR) is 75.7 cm³/mol. The van der Waals surface area contributed by atoms with Gasteiger partial charge in [-0.25, -0.2) is 0 Å². The van der Waals surface area contributed by atoms with Gasteiger partial charge in [-0.2, -0.15) is 0 Å². The van der Waals surface area contributed by atoms with Crippen molar-refractivity contribution in [3.05, 3.63) is 41.7 Å². The van der Waals surface area contributed by atoms with Crippen LogP contribution in [-0.4, -0.2) is 11.0 Å². The summed E-state index contributed by atoms with van der Waals surface area (Å²) in [5, 5.41) is 2.58. The maximum Gasteiger partial charge on any atom is 0.0346 e. The topological polar surface area (TPSA) is 38.9 Å². The summed E-state index contributed by atoms with van der Waals surface area (Å²) in [6.45, 7) is 4.30. The van der Waals surface area contributed by atoms with Crippen LogP contribution in [0.3, 0.4) is 0 Å². The lowest BCUT2D eigenvalue weighted by Gasteiger charge is -2.20. The van der Waals surface area contributed by atoms with Gasteiger partial charge in [0.05, 0.1) is 0 Å². The molecule has 0 amide bonds. The molecular formula is C16H20N2. The molecule has 2 nitrogen and oxygen atoms in total. The summed E-state index contributed by atoms with van der Waals surface area (Å²) in [6.07, 6.45) is 7.41. The number of aryl methyl sites for hydroxylation is 1. The van der Waals surface area contributed by atoms with Gasteiger partial charge < -0.3 is 5.73 Å². The third-order valence-corrected chi connectivity index (χ3v) is 4.46. The van der Waals surface area contributed by atoms with Gasteiger partial charge in [0.25, 0.3) is 0 Å². The molecule has 3 rings (SSSR count). The molecule has 0 aliphatic heterocycles. The Kier molecular flexibility index (Phi) is 2.63. The fourth-order valence-corrected chi connectivity index (χ4v) is 2.97. The van der Waals surface area contributed by atoms with Crippen LogP contribution in [0.15, 0.2) is 30.6 Å². The fourth-order valence-electron chi connectivity index (χ4n) is 2.97. The molecule has 1 aromatic carbocycles. The SMILES string of the molecule is CCc1cncc2cc(C3(C(C)N)CC3)ccc12. The van der Waals surface area contributed by atoms with Crippen molar-refractivity contribution in [1.29, 1.82) is 0 Å². The van der Waals surface area contributed by atoms with Crippen molar-refractivity contribution in [3.8, 4) is 0 Å². The number of hydrogen-bond acceptors (Lipinski definition) is 2. The summed E-state index contributed by atoms with van der Waals surface area (Å²) >= 11 is 0. The second-order valence-electron chi connectivity index (χ2n) is 5.53. The smallest absolute Gasteiger partial charge is 0.0346 e. The van der Waals surface area contributed by atoms with Gasteiger partial charge in [-0.3, -0.25) is 4.98 Å². The zero-order chi connectivity index (χ0) is 12.8. The normalized spacial score (nSPS) is 18.8. The van der Waals surface area contributed by atoms with Crippen molar-refractivity contribution in [1.82, 2.24) is 4.98 Å². The Bertz CT molecular complexity index is 583. The first-order valence-electron chi connectivity index (χ1n) is 6.80. The zero-order valence-corrected chi connectivity index (χ0v) is 11.1. The van der Waals surface area contributed by atoms with Crippen molar-refractivity contribution in [3.63, 3.8) is 0 Å². The Morgan fingerprint density at radius 2 is 2.11 bits per heavy atom. The molecule has 18 heavy (non-hydrogen) atoms. The van der Waals surface area contributed by atoms with Crippen LogP contribution in [0.4, 0.5) is 0 Å². The molecule has 1 fully saturated rings. The van der Waals surface area contributed by atoms with Crippen molar-refractivity contribution < 1.29 is 0 Å². The van der Waals surface area contributed by atoms with Gasteiger partial charge in [-0.15, -0.1) is 0 Å². The highest BCUT2D eigenvalue weighted by Crippen LogP contribution is 2.50. The van der Waals surface area contributed by atoms with Gasteiger partial charge in [0.15, 0.2) is 0 Å². The molecule has 2 heteroatoms. The first kappa shape index (κ1) is 11.7. The minimum absolute atomic E-state index is 0.233. The van der Waals surface area contributed by atoms with Gasteiger partial charge in [0, 0.05) is 29.2 Å². The standard InChI is InChI=1S/C16H20N2/c1-3-12-9-18-10-13-8-14(4-5-15(12)13)16(6-7-16)11(2)17/h4-5,8-11H,3,6-7,17H2,1-2H3. The Balaban J connectivity index is 2.13. The minimum Gasteiger partial charge on any atom is -0.327 e. The summed E-state index contributed by atoms with van der Waals surface area (Å²) in [7, 11) is 0. The summed E-state index contributed by atoms with van der Waals surface area (Å²) in [6, 6.07) is 7.03. The highest BCUT2D eigenvalue weighted by molar-refractivity contribution is 5.85. The highest BCUT2D eigenvalue weighted by atomic mass is 14.7. The summed E-state index contributed by atoms with van der Waals surface area (Å²) in [5.74, 6) is 0. The Morgan fingerprint density at radius 3 is 2.72 bits per heavy atom. The van der Waals surface area contributed by atoms with E-state index in [0.29, 0.717) is 0 Å². The molecule has 0 spiro atoms. The lowest BCUT2D eigenvalue weighted by atomic mass is 9.88. The van der Waals surface area contributed by atoms with Crippen LogP contribution >= 0.6 is 0 Å². The van der Waals surface area contributed by atoms with E-state index >= 15 is 0 Å². The molecule has 1 aromatic heterocycles. The molecule has 1 heterocycles. The number of nitrogens with zero attached hydrogens (tertiary/aromatic N) is 1. The molecule has 0 radical (unpaired) electrons. The molecule has 0 saturated heterocycles. The lowest BCUT2D eigenvalue weighted by Crippen LogP contribution is -2.31. The van der Waals surface area contributed by atoms with Crippen molar-refractivity contribution in [2.45, 2.75) is 44.6 Å². The average molecular weight is 240 g/mol. The van der Waals surface area contributed by atoms with Gasteiger partial charge in [-0.05, 0) is 48.8 Å². The van der Waals surface area contributed by atoms with Crippen LogP contribution in [0.25, 0.3) is 10.8 Å². The number of aromatic nitrogens is 1. The van der Waals surface area contributed by atoms with Crippen LogP contribution in [0.2, 0.25) is 0 Å². The van der Waals surface area contributed by atoms with Crippen LogP contribution in [0.5, 0.6) is 0 Å². The van der Waals surface area contributed by atoms with Crippen LogP contribution in [0.1, 0.15) is 37.8 Å². The van der Waals surface area contributed by atoms with E-state index in [0.717, 1.165) is 6.42 Å². The van der Waals surface area contributed by atoms with Crippen LogP contribution in [0, 0.1) is 0 Å². The van der Waals surface area contributed by atoms with E-state index in [2.05, 4.69) is 37.0 Å². The largest absolute Gasteiger partial charge is 0.327 e. The molecular weight excluding hydrogens is 220 g/mol. The van der Waals surface area contributed by atoms with E-state index in [1.807, 2.05) is 12.4 Å². The van der Waals surface area contributed by atoms with E-state index < -0.39 is 0 Å². The van der Waals surface area contributed by atoms with E-state index in [9.17, 15) is 0 Å². The Hall–Kier alpha value is -1.41. The van der Waals surface area contributed by atoms with E-state index in [1.165, 1.54) is 34.7 Å².